The first kappa shape index (κ1) is 15.2. The summed E-state index contributed by atoms with van der Waals surface area (Å²) in [6.45, 7) is 2.70. The average molecular weight is 378 g/mol. The van der Waals surface area contributed by atoms with Gasteiger partial charge in [-0.3, -0.25) is 0 Å². The first-order valence-electron chi connectivity index (χ1n) is 5.57. The molecule has 1 aromatic carbocycles. The van der Waals surface area contributed by atoms with E-state index in [0.29, 0.717) is 12.4 Å². The molecule has 1 rings (SSSR count). The van der Waals surface area contributed by atoms with Gasteiger partial charge in [0.1, 0.15) is 5.75 Å². The van der Waals surface area contributed by atoms with Gasteiger partial charge in [-0.05, 0) is 40.6 Å². The first-order chi connectivity index (χ1) is 8.54. The summed E-state index contributed by atoms with van der Waals surface area (Å²) < 4.78 is 7.35. The summed E-state index contributed by atoms with van der Waals surface area (Å²) >= 11 is 6.79. The lowest BCUT2D eigenvalue weighted by Crippen LogP contribution is -1.99. The van der Waals surface area contributed by atoms with Crippen molar-refractivity contribution in [3.05, 3.63) is 32.7 Å². The fourth-order valence-electron chi connectivity index (χ4n) is 1.34. The normalized spacial score (nSPS) is 10.8. The molecular weight excluding hydrogens is 364 g/mol. The molecule has 18 heavy (non-hydrogen) atoms. The third-order valence-corrected chi connectivity index (χ3v) is 3.23. The number of hydrogen-bond acceptors (Lipinski definition) is 2. The lowest BCUT2D eigenvalue weighted by molar-refractivity contribution is -0.131. The van der Waals surface area contributed by atoms with Crippen LogP contribution in [0.2, 0.25) is 0 Å². The van der Waals surface area contributed by atoms with Crippen LogP contribution in [0.15, 0.2) is 27.2 Å². The summed E-state index contributed by atoms with van der Waals surface area (Å²) in [7, 11) is 0. The summed E-state index contributed by atoms with van der Waals surface area (Å²) in [5, 5.41) is 8.67. The van der Waals surface area contributed by atoms with Gasteiger partial charge >= 0.3 is 5.97 Å². The number of carboxylic acids is 1. The Hall–Kier alpha value is -0.810. The van der Waals surface area contributed by atoms with Crippen LogP contribution in [0.5, 0.6) is 5.75 Å². The van der Waals surface area contributed by atoms with Crippen molar-refractivity contribution < 1.29 is 14.6 Å². The molecule has 0 saturated carbocycles. The molecule has 0 aliphatic carbocycles. The highest BCUT2D eigenvalue weighted by molar-refractivity contribution is 9.11. The molecule has 0 spiro atoms. The minimum atomic E-state index is -0.981. The second-order valence-corrected chi connectivity index (χ2v) is 5.45. The molecule has 0 bridgehead atoms. The molecule has 0 aliphatic rings. The Morgan fingerprint density at radius 3 is 2.78 bits per heavy atom. The Kier molecular flexibility index (Phi) is 6.43. The number of unbranched alkanes of at least 4 members (excludes halogenated alkanes) is 1. The Balaban J connectivity index is 3.00. The molecule has 0 radical (unpaired) electrons. The molecule has 1 N–H and O–H groups in total. The number of hydrogen-bond donors (Lipinski definition) is 1. The molecule has 0 unspecified atom stereocenters. The van der Waals surface area contributed by atoms with E-state index in [4.69, 9.17) is 9.84 Å². The van der Waals surface area contributed by atoms with E-state index in [1.54, 1.807) is 0 Å². The molecule has 98 valence electrons. The van der Waals surface area contributed by atoms with Gasteiger partial charge in [0.05, 0.1) is 11.1 Å². The van der Waals surface area contributed by atoms with Crippen molar-refractivity contribution in [2.75, 3.05) is 6.61 Å². The first-order valence-corrected chi connectivity index (χ1v) is 7.16. The number of carboxylic acid groups (broad SMARTS) is 1. The van der Waals surface area contributed by atoms with Crippen LogP contribution < -0.4 is 4.74 Å². The van der Waals surface area contributed by atoms with Crippen LogP contribution in [-0.2, 0) is 4.79 Å². The highest BCUT2D eigenvalue weighted by atomic mass is 79.9. The van der Waals surface area contributed by atoms with Crippen LogP contribution in [0.1, 0.15) is 25.3 Å². The van der Waals surface area contributed by atoms with Crippen LogP contribution in [0.3, 0.4) is 0 Å². The molecule has 3 nitrogen and oxygen atoms in total. The SMILES string of the molecule is CCCCOc1c(Br)cc(Br)cc1C=CC(=O)O. The Morgan fingerprint density at radius 2 is 2.17 bits per heavy atom. The number of ether oxygens (including phenoxy) is 1. The van der Waals surface area contributed by atoms with Gasteiger partial charge in [-0.2, -0.15) is 0 Å². The van der Waals surface area contributed by atoms with E-state index < -0.39 is 5.97 Å². The van der Waals surface area contributed by atoms with Crippen LogP contribution in [-0.4, -0.2) is 17.7 Å². The zero-order chi connectivity index (χ0) is 13.5. The van der Waals surface area contributed by atoms with E-state index in [9.17, 15) is 4.79 Å². The number of aliphatic carboxylic acids is 1. The lowest BCUT2D eigenvalue weighted by atomic mass is 10.2. The third kappa shape index (κ3) is 4.82. The maximum absolute atomic E-state index is 10.6. The van der Waals surface area contributed by atoms with Crippen molar-refractivity contribution >= 4 is 43.9 Å². The van der Waals surface area contributed by atoms with Gasteiger partial charge in [0.15, 0.2) is 0 Å². The molecule has 0 saturated heterocycles. The number of benzene rings is 1. The predicted molar refractivity (Wildman–Crippen MR) is 78.9 cm³/mol. The summed E-state index contributed by atoms with van der Waals surface area (Å²) in [6.07, 6.45) is 4.64. The predicted octanol–water partition coefficient (Wildman–Crippen LogP) is 4.49. The van der Waals surface area contributed by atoms with Gasteiger partial charge in [0.2, 0.25) is 0 Å². The minimum absolute atomic E-state index is 0.616. The molecule has 0 aliphatic heterocycles. The fourth-order valence-corrected chi connectivity index (χ4v) is 2.71. The van der Waals surface area contributed by atoms with Crippen LogP contribution in [0.25, 0.3) is 6.08 Å². The fraction of sp³-hybridized carbons (Fsp3) is 0.308. The van der Waals surface area contributed by atoms with Gasteiger partial charge in [-0.1, -0.05) is 29.3 Å². The second-order valence-electron chi connectivity index (χ2n) is 3.68. The Labute approximate surface area is 123 Å². The van der Waals surface area contributed by atoms with E-state index in [1.807, 2.05) is 12.1 Å². The van der Waals surface area contributed by atoms with Gasteiger partial charge in [0.25, 0.3) is 0 Å². The monoisotopic (exact) mass is 376 g/mol. The summed E-state index contributed by atoms with van der Waals surface area (Å²) in [5.41, 5.74) is 0.731. The standard InChI is InChI=1S/C13H14Br2O3/c1-2-3-6-18-13-9(4-5-12(16)17)7-10(14)8-11(13)15/h4-5,7-8H,2-3,6H2,1H3,(H,16,17). The highest BCUT2D eigenvalue weighted by Gasteiger charge is 2.08. The van der Waals surface area contributed by atoms with Crippen molar-refractivity contribution in [2.24, 2.45) is 0 Å². The van der Waals surface area contributed by atoms with Crippen molar-refractivity contribution in [1.29, 1.82) is 0 Å². The van der Waals surface area contributed by atoms with Crippen molar-refractivity contribution in [3.8, 4) is 5.75 Å². The third-order valence-electron chi connectivity index (χ3n) is 2.19. The molecule has 0 aromatic heterocycles. The maximum atomic E-state index is 10.6. The number of rotatable bonds is 6. The van der Waals surface area contributed by atoms with Crippen molar-refractivity contribution in [2.45, 2.75) is 19.8 Å². The van der Waals surface area contributed by atoms with E-state index in [0.717, 1.165) is 33.4 Å². The molecule has 1 aromatic rings. The van der Waals surface area contributed by atoms with Crippen LogP contribution in [0.4, 0.5) is 0 Å². The molecule has 0 atom stereocenters. The van der Waals surface area contributed by atoms with Crippen LogP contribution >= 0.6 is 31.9 Å². The van der Waals surface area contributed by atoms with Crippen LogP contribution in [0, 0.1) is 0 Å². The van der Waals surface area contributed by atoms with Gasteiger partial charge in [-0.25, -0.2) is 4.79 Å². The highest BCUT2D eigenvalue weighted by Crippen LogP contribution is 2.34. The lowest BCUT2D eigenvalue weighted by Gasteiger charge is -2.11. The van der Waals surface area contributed by atoms with E-state index in [-0.39, 0.29) is 0 Å². The van der Waals surface area contributed by atoms with E-state index >= 15 is 0 Å². The van der Waals surface area contributed by atoms with Crippen molar-refractivity contribution in [3.63, 3.8) is 0 Å². The Bertz CT molecular complexity index is 456. The number of halogens is 2. The molecule has 5 heteroatoms. The van der Waals surface area contributed by atoms with E-state index in [2.05, 4.69) is 38.8 Å². The summed E-state index contributed by atoms with van der Waals surface area (Å²) in [4.78, 5) is 10.6. The second kappa shape index (κ2) is 7.59. The van der Waals surface area contributed by atoms with Crippen molar-refractivity contribution in [1.82, 2.24) is 0 Å². The molecule has 0 amide bonds. The average Bonchev–Trinajstić information content (AvgIpc) is 2.29. The minimum Gasteiger partial charge on any atom is -0.492 e. The zero-order valence-electron chi connectivity index (χ0n) is 9.95. The van der Waals surface area contributed by atoms with Gasteiger partial charge in [-0.15, -0.1) is 0 Å². The quantitative estimate of drug-likeness (QED) is 0.586. The van der Waals surface area contributed by atoms with Gasteiger partial charge in [0, 0.05) is 16.1 Å². The summed E-state index contributed by atoms with van der Waals surface area (Å²) in [6, 6.07) is 3.70. The Morgan fingerprint density at radius 1 is 1.44 bits per heavy atom. The summed E-state index contributed by atoms with van der Waals surface area (Å²) in [5.74, 6) is -0.310. The topological polar surface area (TPSA) is 46.5 Å². The molecule has 0 heterocycles. The van der Waals surface area contributed by atoms with Gasteiger partial charge < -0.3 is 9.84 Å². The van der Waals surface area contributed by atoms with E-state index in [1.165, 1.54) is 6.08 Å². The molecule has 0 fully saturated rings. The smallest absolute Gasteiger partial charge is 0.328 e. The largest absolute Gasteiger partial charge is 0.492 e. The number of carbonyl (C=O) groups is 1. The zero-order valence-corrected chi connectivity index (χ0v) is 13.1. The maximum Gasteiger partial charge on any atom is 0.328 e. The molecular formula is C13H14Br2O3.